The Labute approximate surface area is 132 Å². The Kier molecular flexibility index (Phi) is 4.76. The Bertz CT molecular complexity index is 741. The highest BCUT2D eigenvalue weighted by Gasteiger charge is 2.33. The van der Waals surface area contributed by atoms with Crippen LogP contribution in [0, 0.1) is 0 Å². The van der Waals surface area contributed by atoms with Crippen molar-refractivity contribution in [1.82, 2.24) is 4.72 Å². The molecule has 3 nitrogen and oxygen atoms in total. The summed E-state index contributed by atoms with van der Waals surface area (Å²) in [7, 11) is -3.85. The number of nitrogens with one attached hydrogen (secondary N) is 1. The van der Waals surface area contributed by atoms with E-state index >= 15 is 0 Å². The zero-order chi connectivity index (χ0) is 15.7. The van der Waals surface area contributed by atoms with Gasteiger partial charge in [0.2, 0.25) is 0 Å². The van der Waals surface area contributed by atoms with Crippen molar-refractivity contribution < 1.29 is 21.6 Å². The number of sulfonamides is 1. The van der Waals surface area contributed by atoms with E-state index < -0.39 is 28.3 Å². The largest absolute Gasteiger partial charge is 0.416 e. The van der Waals surface area contributed by atoms with Gasteiger partial charge in [0.25, 0.3) is 10.0 Å². The van der Waals surface area contributed by atoms with E-state index in [9.17, 15) is 21.6 Å². The van der Waals surface area contributed by atoms with Gasteiger partial charge in [0.1, 0.15) is 4.21 Å². The molecule has 1 aromatic carbocycles. The van der Waals surface area contributed by atoms with Crippen LogP contribution in [0.1, 0.15) is 11.1 Å². The number of hydrogen-bond acceptors (Lipinski definition) is 3. The van der Waals surface area contributed by atoms with Crippen molar-refractivity contribution in [2.75, 3.05) is 0 Å². The van der Waals surface area contributed by atoms with E-state index in [-0.39, 0.29) is 9.77 Å². The second-order valence-corrected chi connectivity index (χ2v) is 7.77. The SMILES string of the molecule is O=S(=O)(NCc1ccccc1C(F)(F)F)c1sccc1Br. The molecule has 114 valence electrons. The maximum atomic E-state index is 12.8. The van der Waals surface area contributed by atoms with Crippen LogP contribution in [0.2, 0.25) is 0 Å². The summed E-state index contributed by atoms with van der Waals surface area (Å²) >= 11 is 4.07. The van der Waals surface area contributed by atoms with Crippen molar-refractivity contribution in [3.8, 4) is 0 Å². The molecule has 0 radical (unpaired) electrons. The molecule has 0 spiro atoms. The molecule has 0 fully saturated rings. The Morgan fingerprint density at radius 2 is 1.86 bits per heavy atom. The molecule has 9 heteroatoms. The van der Waals surface area contributed by atoms with Gasteiger partial charge in [-0.05, 0) is 39.0 Å². The molecule has 0 atom stereocenters. The molecule has 1 N–H and O–H groups in total. The highest BCUT2D eigenvalue weighted by atomic mass is 79.9. The first-order valence-electron chi connectivity index (χ1n) is 5.59. The predicted molar refractivity (Wildman–Crippen MR) is 77.5 cm³/mol. The second-order valence-electron chi connectivity index (χ2n) is 4.04. The van der Waals surface area contributed by atoms with Gasteiger partial charge >= 0.3 is 6.18 Å². The van der Waals surface area contributed by atoms with Gasteiger partial charge in [-0.25, -0.2) is 13.1 Å². The standard InChI is InChI=1S/C12H9BrF3NO2S2/c13-10-5-6-20-11(10)21(18,19)17-7-8-3-1-2-4-9(8)12(14,15)16/h1-6,17H,7H2. The van der Waals surface area contributed by atoms with E-state index in [1.807, 2.05) is 0 Å². The Hall–Kier alpha value is -0.900. The minimum atomic E-state index is -4.52. The molecule has 21 heavy (non-hydrogen) atoms. The van der Waals surface area contributed by atoms with E-state index in [1.54, 1.807) is 11.4 Å². The maximum absolute atomic E-state index is 12.8. The molecule has 0 amide bonds. The lowest BCUT2D eigenvalue weighted by Crippen LogP contribution is -2.24. The minimum Gasteiger partial charge on any atom is -0.206 e. The number of alkyl halides is 3. The van der Waals surface area contributed by atoms with Crippen LogP contribution in [0.5, 0.6) is 0 Å². The van der Waals surface area contributed by atoms with Crippen molar-refractivity contribution >= 4 is 37.3 Å². The fourth-order valence-corrected chi connectivity index (χ4v) is 5.05. The molecule has 2 rings (SSSR count). The van der Waals surface area contributed by atoms with Gasteiger partial charge < -0.3 is 0 Å². The smallest absolute Gasteiger partial charge is 0.206 e. The Morgan fingerprint density at radius 1 is 1.19 bits per heavy atom. The van der Waals surface area contributed by atoms with Crippen LogP contribution in [0.3, 0.4) is 0 Å². The second kappa shape index (κ2) is 6.07. The molecule has 1 aromatic heterocycles. The van der Waals surface area contributed by atoms with Crippen LogP contribution in [-0.2, 0) is 22.7 Å². The van der Waals surface area contributed by atoms with Crippen LogP contribution < -0.4 is 4.72 Å². The fraction of sp³-hybridized carbons (Fsp3) is 0.167. The molecule has 0 bridgehead atoms. The zero-order valence-corrected chi connectivity index (χ0v) is 13.5. The third-order valence-electron chi connectivity index (χ3n) is 2.60. The summed E-state index contributed by atoms with van der Waals surface area (Å²) in [5.41, 5.74) is -0.973. The van der Waals surface area contributed by atoms with E-state index in [4.69, 9.17) is 0 Å². The van der Waals surface area contributed by atoms with E-state index in [0.29, 0.717) is 4.47 Å². The topological polar surface area (TPSA) is 46.2 Å². The quantitative estimate of drug-likeness (QED) is 0.843. The van der Waals surface area contributed by atoms with Gasteiger partial charge in [-0.2, -0.15) is 13.2 Å². The maximum Gasteiger partial charge on any atom is 0.416 e. The predicted octanol–water partition coefficient (Wildman–Crippen LogP) is 4.01. The Balaban J connectivity index is 2.24. The van der Waals surface area contributed by atoms with Crippen molar-refractivity contribution in [2.45, 2.75) is 16.9 Å². The molecule has 0 unspecified atom stereocenters. The van der Waals surface area contributed by atoms with Gasteiger partial charge in [-0.1, -0.05) is 18.2 Å². The lowest BCUT2D eigenvalue weighted by Gasteiger charge is -2.13. The number of halogens is 4. The third-order valence-corrected chi connectivity index (χ3v) is 6.68. The van der Waals surface area contributed by atoms with Crippen molar-refractivity contribution in [3.63, 3.8) is 0 Å². The van der Waals surface area contributed by atoms with Crippen LogP contribution in [0.25, 0.3) is 0 Å². The molecule has 0 aliphatic carbocycles. The van der Waals surface area contributed by atoms with E-state index in [1.165, 1.54) is 18.2 Å². The number of hydrogen-bond donors (Lipinski definition) is 1. The van der Waals surface area contributed by atoms with Crippen molar-refractivity contribution in [3.05, 3.63) is 51.3 Å². The molecule has 0 aliphatic rings. The van der Waals surface area contributed by atoms with Crippen LogP contribution in [0.4, 0.5) is 13.2 Å². The van der Waals surface area contributed by atoms with Crippen LogP contribution in [-0.4, -0.2) is 8.42 Å². The first kappa shape index (κ1) is 16.5. The summed E-state index contributed by atoms with van der Waals surface area (Å²) in [5, 5.41) is 1.57. The molecule has 0 saturated carbocycles. The average Bonchev–Trinajstić information content (AvgIpc) is 2.83. The van der Waals surface area contributed by atoms with E-state index in [0.717, 1.165) is 17.4 Å². The minimum absolute atomic E-state index is 0.0342. The van der Waals surface area contributed by atoms with Crippen molar-refractivity contribution in [1.29, 1.82) is 0 Å². The first-order chi connectivity index (χ1) is 9.72. The van der Waals surface area contributed by atoms with Gasteiger partial charge in [0.15, 0.2) is 0 Å². The summed E-state index contributed by atoms with van der Waals surface area (Å²) in [6, 6.07) is 6.42. The molecule has 1 heterocycles. The lowest BCUT2D eigenvalue weighted by atomic mass is 10.1. The molecular formula is C12H9BrF3NO2S2. The molecule has 0 saturated heterocycles. The Morgan fingerprint density at radius 3 is 2.43 bits per heavy atom. The summed E-state index contributed by atoms with van der Waals surface area (Å²) in [5.74, 6) is 0. The van der Waals surface area contributed by atoms with Crippen molar-refractivity contribution in [2.24, 2.45) is 0 Å². The average molecular weight is 400 g/mol. The third kappa shape index (κ3) is 3.85. The normalized spacial score (nSPS) is 12.6. The number of benzene rings is 1. The highest BCUT2D eigenvalue weighted by Crippen LogP contribution is 2.32. The fourth-order valence-electron chi connectivity index (χ4n) is 1.66. The molecule has 2 aromatic rings. The van der Waals surface area contributed by atoms with Gasteiger partial charge in [0.05, 0.1) is 5.56 Å². The number of thiophene rings is 1. The highest BCUT2D eigenvalue weighted by molar-refractivity contribution is 9.10. The summed E-state index contributed by atoms with van der Waals surface area (Å²) in [4.78, 5) is 0. The number of rotatable bonds is 4. The van der Waals surface area contributed by atoms with E-state index in [2.05, 4.69) is 20.7 Å². The molecule has 0 aliphatic heterocycles. The summed E-state index contributed by atoms with van der Waals surface area (Å²) in [6.45, 7) is -0.428. The monoisotopic (exact) mass is 399 g/mol. The van der Waals surface area contributed by atoms with Gasteiger partial charge in [0, 0.05) is 11.0 Å². The van der Waals surface area contributed by atoms with Crippen LogP contribution >= 0.6 is 27.3 Å². The first-order valence-corrected chi connectivity index (χ1v) is 8.75. The van der Waals surface area contributed by atoms with Gasteiger partial charge in [-0.15, -0.1) is 11.3 Å². The molecular weight excluding hydrogens is 391 g/mol. The van der Waals surface area contributed by atoms with Gasteiger partial charge in [-0.3, -0.25) is 0 Å². The van der Waals surface area contributed by atoms with Crippen LogP contribution in [0.15, 0.2) is 44.4 Å². The lowest BCUT2D eigenvalue weighted by molar-refractivity contribution is -0.138. The zero-order valence-electron chi connectivity index (χ0n) is 10.3. The summed E-state index contributed by atoms with van der Waals surface area (Å²) < 4.78 is 65.1. The summed E-state index contributed by atoms with van der Waals surface area (Å²) in [6.07, 6.45) is -4.52.